The Bertz CT molecular complexity index is 821. The van der Waals surface area contributed by atoms with Crippen molar-refractivity contribution in [3.63, 3.8) is 0 Å². The topological polar surface area (TPSA) is 26.5 Å². The van der Waals surface area contributed by atoms with Gasteiger partial charge in [-0.2, -0.15) is 0 Å². The highest BCUT2D eigenvalue weighted by Gasteiger charge is 2.51. The third kappa shape index (κ3) is 3.12. The maximum atomic E-state index is 11.7. The van der Waals surface area contributed by atoms with Crippen LogP contribution in [0.1, 0.15) is 31.2 Å². The smallest absolute Gasteiger partial charge is 0.271 e. The summed E-state index contributed by atoms with van der Waals surface area (Å²) >= 11 is 9.70. The quantitative estimate of drug-likeness (QED) is 0.710. The summed E-state index contributed by atoms with van der Waals surface area (Å²) in [5.74, 6) is 1.20. The minimum atomic E-state index is -1.01. The Balaban J connectivity index is 1.81. The number of halogens is 2. The molecular formula is C20H21BrClN2O+. The molecule has 0 saturated carbocycles. The largest absolute Gasteiger partial charge is 0.346 e. The molecule has 0 amide bonds. The number of hydrogen-bond acceptors (Lipinski definition) is 2. The molecule has 2 heterocycles. The van der Waals surface area contributed by atoms with E-state index in [1.165, 1.54) is 12.3 Å². The normalized spacial score (nSPS) is 23.6. The summed E-state index contributed by atoms with van der Waals surface area (Å²) in [6, 6.07) is 15.9. The molecule has 25 heavy (non-hydrogen) atoms. The van der Waals surface area contributed by atoms with E-state index < -0.39 is 5.72 Å². The number of aliphatic hydroxyl groups is 1. The van der Waals surface area contributed by atoms with Crippen LogP contribution in [0.25, 0.3) is 0 Å². The van der Waals surface area contributed by atoms with Gasteiger partial charge in [0.2, 0.25) is 0 Å². The van der Waals surface area contributed by atoms with Crippen molar-refractivity contribution in [1.29, 1.82) is 0 Å². The van der Waals surface area contributed by atoms with Crippen molar-refractivity contribution in [3.05, 3.63) is 63.6 Å². The van der Waals surface area contributed by atoms with Crippen molar-refractivity contribution in [2.75, 3.05) is 18.0 Å². The summed E-state index contributed by atoms with van der Waals surface area (Å²) in [5, 5.41) is 12.4. The van der Waals surface area contributed by atoms with E-state index in [1.54, 1.807) is 0 Å². The lowest BCUT2D eigenvalue weighted by Gasteiger charge is -2.23. The van der Waals surface area contributed by atoms with Crippen LogP contribution < -0.4 is 4.90 Å². The van der Waals surface area contributed by atoms with Crippen molar-refractivity contribution >= 4 is 39.1 Å². The van der Waals surface area contributed by atoms with Gasteiger partial charge in [-0.1, -0.05) is 45.7 Å². The van der Waals surface area contributed by atoms with Gasteiger partial charge in [0.1, 0.15) is 5.69 Å². The first-order chi connectivity index (χ1) is 12.1. The molecule has 2 aromatic rings. The second-order valence-corrected chi connectivity index (χ2v) is 8.12. The SMILES string of the molecule is OC1(c2ccc(Br)cc2)CN(c2cccc(Cl)c2)C2=[N+]1CCCCC2. The number of hydrogen-bond donors (Lipinski definition) is 1. The van der Waals surface area contributed by atoms with Crippen LogP contribution >= 0.6 is 27.5 Å². The van der Waals surface area contributed by atoms with E-state index in [1.807, 2.05) is 42.5 Å². The first kappa shape index (κ1) is 17.1. The average Bonchev–Trinajstić information content (AvgIpc) is 2.76. The Morgan fingerprint density at radius 3 is 2.64 bits per heavy atom. The van der Waals surface area contributed by atoms with Gasteiger partial charge >= 0.3 is 0 Å². The fourth-order valence-electron chi connectivity index (χ4n) is 3.92. The molecule has 3 nitrogen and oxygen atoms in total. The van der Waals surface area contributed by atoms with Gasteiger partial charge in [0.05, 0.1) is 6.54 Å². The maximum Gasteiger partial charge on any atom is 0.271 e. The van der Waals surface area contributed by atoms with Gasteiger partial charge in [0.25, 0.3) is 11.6 Å². The van der Waals surface area contributed by atoms with Gasteiger partial charge in [-0.15, -0.1) is 0 Å². The second-order valence-electron chi connectivity index (χ2n) is 6.77. The summed E-state index contributed by atoms with van der Waals surface area (Å²) in [5.41, 5.74) is 0.963. The van der Waals surface area contributed by atoms with Gasteiger partial charge in [-0.3, -0.25) is 0 Å². The second kappa shape index (κ2) is 6.75. The van der Waals surface area contributed by atoms with E-state index in [0.29, 0.717) is 6.54 Å². The fraction of sp³-hybridized carbons (Fsp3) is 0.350. The molecule has 0 fully saturated rings. The Hall–Kier alpha value is -1.36. The van der Waals surface area contributed by atoms with Gasteiger partial charge < -0.3 is 5.11 Å². The summed E-state index contributed by atoms with van der Waals surface area (Å²) in [4.78, 5) is 2.24. The van der Waals surface area contributed by atoms with Gasteiger partial charge in [-0.25, -0.2) is 9.48 Å². The monoisotopic (exact) mass is 419 g/mol. The van der Waals surface area contributed by atoms with Gasteiger partial charge in [0.15, 0.2) is 6.54 Å². The standard InChI is InChI=1S/C20H21BrClN2O/c21-16-10-8-15(9-11-16)20(25)14-23(18-6-4-5-17(22)13-18)19-7-2-1-3-12-24(19)20/h4-6,8-11,13,25H,1-3,7,12,14H2/q+1. The van der Waals surface area contributed by atoms with Gasteiger partial charge in [-0.05, 0) is 43.5 Å². The van der Waals surface area contributed by atoms with E-state index in [2.05, 4.69) is 31.5 Å². The third-order valence-corrected chi connectivity index (χ3v) is 5.92. The van der Waals surface area contributed by atoms with Crippen LogP contribution in [0.3, 0.4) is 0 Å². The molecule has 0 saturated heterocycles. The van der Waals surface area contributed by atoms with E-state index in [0.717, 1.165) is 46.6 Å². The molecule has 1 unspecified atom stereocenters. The molecule has 130 valence electrons. The number of rotatable bonds is 2. The highest BCUT2D eigenvalue weighted by molar-refractivity contribution is 9.10. The first-order valence-electron chi connectivity index (χ1n) is 8.73. The summed E-state index contributed by atoms with van der Waals surface area (Å²) in [6.07, 6.45) is 4.43. The molecule has 2 aliphatic heterocycles. The summed E-state index contributed by atoms with van der Waals surface area (Å²) in [6.45, 7) is 1.39. The maximum absolute atomic E-state index is 11.7. The molecule has 0 bridgehead atoms. The van der Waals surface area contributed by atoms with E-state index in [4.69, 9.17) is 11.6 Å². The van der Waals surface area contributed by atoms with Crippen molar-refractivity contribution in [2.45, 2.75) is 31.4 Å². The molecule has 2 aliphatic rings. The molecular weight excluding hydrogens is 400 g/mol. The molecule has 1 atom stereocenters. The number of anilines is 1. The van der Waals surface area contributed by atoms with E-state index in [-0.39, 0.29) is 0 Å². The molecule has 1 N–H and O–H groups in total. The zero-order valence-corrected chi connectivity index (χ0v) is 16.3. The van der Waals surface area contributed by atoms with Gasteiger partial charge in [0, 0.05) is 27.5 Å². The number of amidine groups is 1. The highest BCUT2D eigenvalue weighted by Crippen LogP contribution is 2.36. The van der Waals surface area contributed by atoms with Crippen LogP contribution in [0.4, 0.5) is 5.69 Å². The van der Waals surface area contributed by atoms with Crippen molar-refractivity contribution in [3.8, 4) is 0 Å². The van der Waals surface area contributed by atoms with Crippen LogP contribution in [0.2, 0.25) is 5.02 Å². The molecule has 0 aromatic heterocycles. The third-order valence-electron chi connectivity index (χ3n) is 5.16. The Morgan fingerprint density at radius 1 is 1.08 bits per heavy atom. The van der Waals surface area contributed by atoms with Crippen LogP contribution in [0, 0.1) is 0 Å². The minimum absolute atomic E-state index is 0.518. The van der Waals surface area contributed by atoms with Crippen molar-refractivity contribution in [2.24, 2.45) is 0 Å². The zero-order chi connectivity index (χ0) is 17.4. The molecule has 5 heteroatoms. The predicted molar refractivity (Wildman–Crippen MR) is 105 cm³/mol. The van der Waals surface area contributed by atoms with Crippen LogP contribution in [-0.2, 0) is 5.72 Å². The molecule has 2 aromatic carbocycles. The van der Waals surface area contributed by atoms with E-state index in [9.17, 15) is 5.11 Å². The predicted octanol–water partition coefficient (Wildman–Crippen LogP) is 4.75. The molecule has 0 spiro atoms. The van der Waals surface area contributed by atoms with Crippen LogP contribution in [0.5, 0.6) is 0 Å². The lowest BCUT2D eigenvalue weighted by atomic mass is 10.0. The number of nitrogens with zero attached hydrogens (tertiary/aromatic N) is 2. The van der Waals surface area contributed by atoms with Crippen LogP contribution in [-0.4, -0.2) is 28.6 Å². The molecule has 4 rings (SSSR count). The Labute approximate surface area is 161 Å². The first-order valence-corrected chi connectivity index (χ1v) is 9.90. The Kier molecular flexibility index (Phi) is 4.61. The zero-order valence-electron chi connectivity index (χ0n) is 14.0. The summed E-state index contributed by atoms with van der Waals surface area (Å²) in [7, 11) is 0. The highest BCUT2D eigenvalue weighted by atomic mass is 79.9. The van der Waals surface area contributed by atoms with E-state index >= 15 is 0 Å². The number of benzene rings is 2. The van der Waals surface area contributed by atoms with Crippen LogP contribution in [0.15, 0.2) is 53.0 Å². The molecule has 0 radical (unpaired) electrons. The lowest BCUT2D eigenvalue weighted by molar-refractivity contribution is -0.658. The summed E-state index contributed by atoms with van der Waals surface area (Å²) < 4.78 is 3.22. The van der Waals surface area contributed by atoms with Crippen molar-refractivity contribution in [1.82, 2.24) is 0 Å². The number of β-amino-alcohol motifs (C(OH)–C–C–N with tert-alkyl or cyclic N) is 1. The molecule has 0 aliphatic carbocycles. The van der Waals surface area contributed by atoms with Crippen molar-refractivity contribution < 1.29 is 9.68 Å². The minimum Gasteiger partial charge on any atom is -0.346 e. The lowest BCUT2D eigenvalue weighted by Crippen LogP contribution is -2.41. The Morgan fingerprint density at radius 2 is 1.88 bits per heavy atom. The average molecular weight is 421 g/mol. The fourth-order valence-corrected chi connectivity index (χ4v) is 4.37.